The fraction of sp³-hybridized carbons (Fsp3) is 0.261. The molecule has 1 aromatic heterocycles. The number of benzene rings is 2. The topological polar surface area (TPSA) is 93.3 Å². The fourth-order valence-electron chi connectivity index (χ4n) is 3.71. The zero-order chi connectivity index (χ0) is 22.0. The second-order valence-corrected chi connectivity index (χ2v) is 8.23. The van der Waals surface area contributed by atoms with Crippen LogP contribution in [0.4, 0.5) is 5.82 Å². The van der Waals surface area contributed by atoms with E-state index in [1.165, 1.54) is 17.3 Å². The molecule has 8 heteroatoms. The number of aryl methyl sites for hydroxylation is 1. The van der Waals surface area contributed by atoms with E-state index in [9.17, 15) is 9.59 Å². The number of aromatic nitrogens is 2. The van der Waals surface area contributed by atoms with E-state index in [4.69, 9.17) is 9.47 Å². The van der Waals surface area contributed by atoms with Gasteiger partial charge in [-0.3, -0.25) is 9.59 Å². The molecule has 0 spiro atoms. The highest BCUT2D eigenvalue weighted by molar-refractivity contribution is 7.98. The first-order valence-electron chi connectivity index (χ1n) is 9.83. The van der Waals surface area contributed by atoms with E-state index in [0.717, 1.165) is 11.1 Å². The molecule has 4 rings (SSSR count). The maximum absolute atomic E-state index is 13.1. The van der Waals surface area contributed by atoms with Crippen molar-refractivity contribution < 1.29 is 14.3 Å². The lowest BCUT2D eigenvalue weighted by Gasteiger charge is -2.26. The number of nitrogens with one attached hydrogen (secondary N) is 2. The maximum Gasteiger partial charge on any atom is 0.257 e. The van der Waals surface area contributed by atoms with Crippen molar-refractivity contribution in [2.75, 3.05) is 19.5 Å². The van der Waals surface area contributed by atoms with Crippen LogP contribution >= 0.6 is 11.8 Å². The van der Waals surface area contributed by atoms with Gasteiger partial charge in [-0.15, -0.1) is 0 Å². The van der Waals surface area contributed by atoms with Crippen molar-refractivity contribution in [3.05, 3.63) is 75.1 Å². The van der Waals surface area contributed by atoms with Gasteiger partial charge in [-0.2, -0.15) is 0 Å². The number of amides is 1. The zero-order valence-corrected chi connectivity index (χ0v) is 18.3. The van der Waals surface area contributed by atoms with Crippen LogP contribution in [0.15, 0.2) is 52.4 Å². The Morgan fingerprint density at radius 1 is 1.13 bits per heavy atom. The molecule has 1 aliphatic heterocycles. The predicted octanol–water partition coefficient (Wildman–Crippen LogP) is 3.86. The molecule has 0 saturated heterocycles. The first-order chi connectivity index (χ1) is 15.0. The van der Waals surface area contributed by atoms with Gasteiger partial charge in [0, 0.05) is 29.7 Å². The number of fused-ring (bicyclic) bond motifs is 1. The number of hydrogen-bond acceptors (Lipinski definition) is 6. The Kier molecular flexibility index (Phi) is 5.99. The molecule has 31 heavy (non-hydrogen) atoms. The van der Waals surface area contributed by atoms with E-state index in [1.807, 2.05) is 37.3 Å². The number of methoxy groups -OCH3 is 2. The average Bonchev–Trinajstić information content (AvgIpc) is 2.77. The van der Waals surface area contributed by atoms with Crippen molar-refractivity contribution in [3.63, 3.8) is 0 Å². The molecule has 3 aromatic rings. The van der Waals surface area contributed by atoms with Gasteiger partial charge in [-0.1, -0.05) is 42.1 Å². The van der Waals surface area contributed by atoms with E-state index < -0.39 is 5.92 Å². The number of rotatable bonds is 6. The van der Waals surface area contributed by atoms with Crippen molar-refractivity contribution in [2.24, 2.45) is 0 Å². The number of hydrogen-bond donors (Lipinski definition) is 2. The first-order valence-corrected chi connectivity index (χ1v) is 10.8. The summed E-state index contributed by atoms with van der Waals surface area (Å²) in [7, 11) is 3.12. The lowest BCUT2D eigenvalue weighted by molar-refractivity contribution is -0.116. The van der Waals surface area contributed by atoms with Gasteiger partial charge in [0.15, 0.2) is 5.16 Å². The Bertz CT molecular complexity index is 1190. The lowest BCUT2D eigenvalue weighted by atomic mass is 9.86. The number of ether oxygens (including phenoxy) is 2. The minimum atomic E-state index is -0.462. The van der Waals surface area contributed by atoms with Crippen LogP contribution in [0.25, 0.3) is 0 Å². The number of aromatic amines is 1. The zero-order valence-electron chi connectivity index (χ0n) is 17.5. The van der Waals surface area contributed by atoms with E-state index in [2.05, 4.69) is 15.3 Å². The summed E-state index contributed by atoms with van der Waals surface area (Å²) in [6.45, 7) is 2.05. The summed E-state index contributed by atoms with van der Waals surface area (Å²) < 4.78 is 10.8. The van der Waals surface area contributed by atoms with Crippen LogP contribution in [0.2, 0.25) is 0 Å². The van der Waals surface area contributed by atoms with Crippen LogP contribution < -0.4 is 20.3 Å². The Balaban J connectivity index is 1.69. The van der Waals surface area contributed by atoms with Gasteiger partial charge < -0.3 is 19.8 Å². The summed E-state index contributed by atoms with van der Waals surface area (Å²) in [5.74, 6) is 1.51. The summed E-state index contributed by atoms with van der Waals surface area (Å²) in [5, 5.41) is 3.23. The van der Waals surface area contributed by atoms with E-state index in [1.54, 1.807) is 26.4 Å². The molecular weight excluding hydrogens is 414 g/mol. The van der Waals surface area contributed by atoms with Crippen LogP contribution in [0, 0.1) is 6.92 Å². The summed E-state index contributed by atoms with van der Waals surface area (Å²) in [5.41, 5.74) is 3.25. The van der Waals surface area contributed by atoms with Crippen LogP contribution in [0.3, 0.4) is 0 Å². The van der Waals surface area contributed by atoms with Crippen molar-refractivity contribution in [1.29, 1.82) is 0 Å². The molecule has 2 heterocycles. The summed E-state index contributed by atoms with van der Waals surface area (Å²) >= 11 is 1.43. The van der Waals surface area contributed by atoms with Gasteiger partial charge in [-0.05, 0) is 24.1 Å². The van der Waals surface area contributed by atoms with Crippen LogP contribution in [-0.4, -0.2) is 30.1 Å². The lowest BCUT2D eigenvalue weighted by Crippen LogP contribution is -2.31. The van der Waals surface area contributed by atoms with E-state index in [0.29, 0.717) is 33.8 Å². The molecule has 1 aliphatic rings. The highest BCUT2D eigenvalue weighted by Crippen LogP contribution is 2.40. The summed E-state index contributed by atoms with van der Waals surface area (Å²) in [6, 6.07) is 13.4. The van der Waals surface area contributed by atoms with Crippen molar-refractivity contribution in [1.82, 2.24) is 9.97 Å². The Hall–Kier alpha value is -3.26. The standard InChI is InChI=1S/C23H23N3O4S/c1-13-6-4-5-7-14(13)12-31-23-25-21-20(22(28)26-23)17(11-19(27)24-21)16-9-8-15(29-2)10-18(16)30-3/h4-10,17H,11-12H2,1-3H3,(H2,24,25,26,27,28)/t17-/m1/s1. The number of anilines is 1. The molecule has 1 amide bonds. The Morgan fingerprint density at radius 3 is 2.68 bits per heavy atom. The van der Waals surface area contributed by atoms with Gasteiger partial charge in [-0.25, -0.2) is 4.98 Å². The highest BCUT2D eigenvalue weighted by atomic mass is 32.2. The van der Waals surface area contributed by atoms with Crippen molar-refractivity contribution in [3.8, 4) is 11.5 Å². The largest absolute Gasteiger partial charge is 0.497 e. The molecule has 2 aromatic carbocycles. The van der Waals surface area contributed by atoms with Crippen LogP contribution in [0.5, 0.6) is 11.5 Å². The highest BCUT2D eigenvalue weighted by Gasteiger charge is 2.32. The Morgan fingerprint density at radius 2 is 1.94 bits per heavy atom. The maximum atomic E-state index is 13.1. The molecular formula is C23H23N3O4S. The molecule has 0 unspecified atom stereocenters. The second-order valence-electron chi connectivity index (χ2n) is 7.26. The third-order valence-electron chi connectivity index (χ3n) is 5.37. The van der Waals surface area contributed by atoms with Gasteiger partial charge in [0.1, 0.15) is 17.3 Å². The number of nitrogens with zero attached hydrogens (tertiary/aromatic N) is 1. The minimum Gasteiger partial charge on any atom is -0.497 e. The normalized spacial score (nSPS) is 15.2. The smallest absolute Gasteiger partial charge is 0.257 e. The molecule has 0 fully saturated rings. The number of carbonyl (C=O) groups is 1. The quantitative estimate of drug-likeness (QED) is 0.449. The van der Waals surface area contributed by atoms with Gasteiger partial charge >= 0.3 is 0 Å². The number of H-pyrrole nitrogens is 1. The molecule has 0 bridgehead atoms. The number of thioether (sulfide) groups is 1. The molecule has 160 valence electrons. The van der Waals surface area contributed by atoms with Crippen molar-refractivity contribution in [2.45, 2.75) is 30.2 Å². The molecule has 0 radical (unpaired) electrons. The predicted molar refractivity (Wildman–Crippen MR) is 120 cm³/mol. The van der Waals surface area contributed by atoms with E-state index >= 15 is 0 Å². The fourth-order valence-corrected chi connectivity index (χ4v) is 4.65. The van der Waals surface area contributed by atoms with Gasteiger partial charge in [0.05, 0.1) is 19.8 Å². The van der Waals surface area contributed by atoms with Gasteiger partial charge in [0.25, 0.3) is 5.56 Å². The summed E-state index contributed by atoms with van der Waals surface area (Å²) in [4.78, 5) is 32.9. The Labute approximate surface area is 184 Å². The van der Waals surface area contributed by atoms with Crippen LogP contribution in [0.1, 0.15) is 34.6 Å². The van der Waals surface area contributed by atoms with Crippen molar-refractivity contribution >= 4 is 23.5 Å². The molecule has 1 atom stereocenters. The first kappa shape index (κ1) is 21.0. The SMILES string of the molecule is COc1ccc([C@H]2CC(=O)Nc3nc(SCc4ccccc4C)[nH]c(=O)c32)c(OC)c1. The monoisotopic (exact) mass is 437 g/mol. The molecule has 0 saturated carbocycles. The molecule has 0 aliphatic carbocycles. The molecule has 7 nitrogen and oxygen atoms in total. The van der Waals surface area contributed by atoms with E-state index in [-0.39, 0.29) is 17.9 Å². The number of carbonyl (C=O) groups excluding carboxylic acids is 1. The molecule has 2 N–H and O–H groups in total. The van der Waals surface area contributed by atoms with Crippen LogP contribution in [-0.2, 0) is 10.5 Å². The average molecular weight is 438 g/mol. The summed E-state index contributed by atoms with van der Waals surface area (Å²) in [6.07, 6.45) is 0.135. The second kappa shape index (κ2) is 8.85. The third-order valence-corrected chi connectivity index (χ3v) is 6.29. The minimum absolute atomic E-state index is 0.135. The van der Waals surface area contributed by atoms with Gasteiger partial charge in [0.2, 0.25) is 5.91 Å². The third kappa shape index (κ3) is 4.29.